The van der Waals surface area contributed by atoms with Gasteiger partial charge in [-0.15, -0.1) is 0 Å². The summed E-state index contributed by atoms with van der Waals surface area (Å²) in [5.41, 5.74) is 0.569. The van der Waals surface area contributed by atoms with Crippen LogP contribution in [0.5, 0.6) is 0 Å². The van der Waals surface area contributed by atoms with Gasteiger partial charge in [-0.3, -0.25) is 4.79 Å². The smallest absolute Gasteiger partial charge is 0.255 e. The Balaban J connectivity index is 2.82. The zero-order chi connectivity index (χ0) is 12.3. The monoisotopic (exact) mass is 240 g/mol. The predicted octanol–water partition coefficient (Wildman–Crippen LogP) is 2.85. The molecule has 1 atom stereocenters. The topological polar surface area (TPSA) is 33.2 Å². The second-order valence-corrected chi connectivity index (χ2v) is 4.66. The van der Waals surface area contributed by atoms with Gasteiger partial charge in [0.1, 0.15) is 5.15 Å². The van der Waals surface area contributed by atoms with Crippen molar-refractivity contribution in [1.82, 2.24) is 9.88 Å². The zero-order valence-electron chi connectivity index (χ0n) is 10.1. The fraction of sp³-hybridized carbons (Fsp3) is 0.500. The lowest BCUT2D eigenvalue weighted by Gasteiger charge is -2.27. The number of halogens is 1. The molecule has 0 saturated heterocycles. The fourth-order valence-electron chi connectivity index (χ4n) is 1.34. The molecule has 4 heteroatoms. The van der Waals surface area contributed by atoms with Gasteiger partial charge in [0.15, 0.2) is 0 Å². The summed E-state index contributed by atoms with van der Waals surface area (Å²) in [4.78, 5) is 17.7. The number of nitrogens with zero attached hydrogens (tertiary/aromatic N) is 2. The average Bonchev–Trinajstić information content (AvgIpc) is 2.27. The average molecular weight is 241 g/mol. The molecule has 0 fully saturated rings. The highest BCUT2D eigenvalue weighted by Gasteiger charge is 2.19. The first-order valence-electron chi connectivity index (χ1n) is 5.32. The maximum atomic E-state index is 12.0. The van der Waals surface area contributed by atoms with Crippen molar-refractivity contribution in [3.05, 3.63) is 29.0 Å². The van der Waals surface area contributed by atoms with E-state index >= 15 is 0 Å². The van der Waals surface area contributed by atoms with Crippen LogP contribution in [0.3, 0.4) is 0 Å². The van der Waals surface area contributed by atoms with Crippen LogP contribution < -0.4 is 0 Å². The summed E-state index contributed by atoms with van der Waals surface area (Å²) in [5.74, 6) is 0.402. The molecule has 0 radical (unpaired) electrons. The van der Waals surface area contributed by atoms with Gasteiger partial charge in [0.2, 0.25) is 0 Å². The van der Waals surface area contributed by atoms with Gasteiger partial charge in [0.25, 0.3) is 5.91 Å². The first-order chi connectivity index (χ1) is 7.43. The van der Waals surface area contributed by atoms with Crippen molar-refractivity contribution in [2.24, 2.45) is 5.92 Å². The molecule has 1 aromatic rings. The summed E-state index contributed by atoms with van der Waals surface area (Å²) in [6, 6.07) is 3.52. The lowest BCUT2D eigenvalue weighted by atomic mass is 10.0. The summed E-state index contributed by atoms with van der Waals surface area (Å²) >= 11 is 5.67. The third-order valence-corrected chi connectivity index (χ3v) is 3.09. The van der Waals surface area contributed by atoms with Crippen molar-refractivity contribution >= 4 is 17.5 Å². The molecule has 1 rings (SSSR count). The molecule has 1 heterocycles. The van der Waals surface area contributed by atoms with Crippen LogP contribution >= 0.6 is 11.6 Å². The minimum atomic E-state index is -0.0228. The first-order valence-corrected chi connectivity index (χ1v) is 5.70. The van der Waals surface area contributed by atoms with Crippen molar-refractivity contribution in [2.45, 2.75) is 26.8 Å². The van der Waals surface area contributed by atoms with Crippen molar-refractivity contribution in [3.8, 4) is 0 Å². The number of amides is 1. The standard InChI is InChI=1S/C12H17ClN2O/c1-8(2)9(3)15(4)12(16)10-5-6-11(13)14-7-10/h5-9H,1-4H3. The Kier molecular flexibility index (Phi) is 4.30. The molecule has 1 aromatic heterocycles. The summed E-state index contributed by atoms with van der Waals surface area (Å²) in [7, 11) is 1.81. The zero-order valence-corrected chi connectivity index (χ0v) is 10.8. The number of aromatic nitrogens is 1. The van der Waals surface area contributed by atoms with E-state index in [2.05, 4.69) is 18.8 Å². The molecule has 16 heavy (non-hydrogen) atoms. The minimum absolute atomic E-state index is 0.0228. The molecule has 0 aliphatic rings. The summed E-state index contributed by atoms with van der Waals surface area (Å²) in [6.07, 6.45) is 1.51. The maximum Gasteiger partial charge on any atom is 0.255 e. The van der Waals surface area contributed by atoms with Crippen LogP contribution in [-0.4, -0.2) is 28.9 Å². The molecule has 1 unspecified atom stereocenters. The molecule has 0 spiro atoms. The molecule has 88 valence electrons. The van der Waals surface area contributed by atoms with Crippen molar-refractivity contribution < 1.29 is 4.79 Å². The molecule has 0 aliphatic carbocycles. The van der Waals surface area contributed by atoms with Crippen LogP contribution in [-0.2, 0) is 0 Å². The van der Waals surface area contributed by atoms with Crippen molar-refractivity contribution in [3.63, 3.8) is 0 Å². The van der Waals surface area contributed by atoms with Gasteiger partial charge in [-0.25, -0.2) is 4.98 Å². The summed E-state index contributed by atoms with van der Waals surface area (Å²) in [6.45, 7) is 6.22. The normalized spacial score (nSPS) is 12.6. The summed E-state index contributed by atoms with van der Waals surface area (Å²) < 4.78 is 0. The second kappa shape index (κ2) is 5.30. The molecule has 0 saturated carbocycles. The van der Waals surface area contributed by atoms with Gasteiger partial charge in [0.05, 0.1) is 5.56 Å². The van der Waals surface area contributed by atoms with Gasteiger partial charge >= 0.3 is 0 Å². The van der Waals surface area contributed by atoms with Crippen LogP contribution in [0, 0.1) is 5.92 Å². The molecule has 3 nitrogen and oxygen atoms in total. The Labute approximate surface area is 101 Å². The maximum absolute atomic E-state index is 12.0. The van der Waals surface area contributed by atoms with Crippen LogP contribution in [0.15, 0.2) is 18.3 Å². The van der Waals surface area contributed by atoms with Gasteiger partial charge in [0, 0.05) is 19.3 Å². The third kappa shape index (κ3) is 2.95. The quantitative estimate of drug-likeness (QED) is 0.762. The van der Waals surface area contributed by atoms with Crippen molar-refractivity contribution in [2.75, 3.05) is 7.05 Å². The highest BCUT2D eigenvalue weighted by atomic mass is 35.5. The number of pyridine rings is 1. The van der Waals surface area contributed by atoms with Crippen LogP contribution in [0.1, 0.15) is 31.1 Å². The van der Waals surface area contributed by atoms with E-state index in [0.717, 1.165) is 0 Å². The molecule has 0 bridgehead atoms. The van der Waals surface area contributed by atoms with Crippen LogP contribution in [0.2, 0.25) is 5.15 Å². The number of hydrogen-bond donors (Lipinski definition) is 0. The van der Waals surface area contributed by atoms with E-state index in [9.17, 15) is 4.79 Å². The van der Waals surface area contributed by atoms with Gasteiger partial charge in [-0.2, -0.15) is 0 Å². The SMILES string of the molecule is CC(C)C(C)N(C)C(=O)c1ccc(Cl)nc1. The van der Waals surface area contributed by atoms with Crippen LogP contribution in [0.25, 0.3) is 0 Å². The minimum Gasteiger partial charge on any atom is -0.339 e. The van der Waals surface area contributed by atoms with E-state index in [4.69, 9.17) is 11.6 Å². The lowest BCUT2D eigenvalue weighted by molar-refractivity contribution is 0.0706. The summed E-state index contributed by atoms with van der Waals surface area (Å²) in [5, 5.41) is 0.399. The van der Waals surface area contributed by atoms with E-state index in [-0.39, 0.29) is 11.9 Å². The lowest BCUT2D eigenvalue weighted by Crippen LogP contribution is -2.38. The predicted molar refractivity (Wildman–Crippen MR) is 65.6 cm³/mol. The number of rotatable bonds is 3. The van der Waals surface area contributed by atoms with Gasteiger partial charge in [-0.05, 0) is 25.0 Å². The Bertz CT molecular complexity index is 362. The largest absolute Gasteiger partial charge is 0.339 e. The number of carbonyl (C=O) groups excluding carboxylic acids is 1. The second-order valence-electron chi connectivity index (χ2n) is 4.27. The molecular formula is C12H17ClN2O. The highest BCUT2D eigenvalue weighted by molar-refractivity contribution is 6.29. The van der Waals surface area contributed by atoms with Crippen LogP contribution in [0.4, 0.5) is 0 Å². The fourth-order valence-corrected chi connectivity index (χ4v) is 1.45. The molecule has 0 aromatic carbocycles. The van der Waals surface area contributed by atoms with E-state index in [1.165, 1.54) is 6.20 Å². The van der Waals surface area contributed by atoms with E-state index in [1.54, 1.807) is 17.0 Å². The Hall–Kier alpha value is -1.09. The molecule has 0 aliphatic heterocycles. The Morgan fingerprint density at radius 1 is 1.38 bits per heavy atom. The van der Waals surface area contributed by atoms with Crippen molar-refractivity contribution in [1.29, 1.82) is 0 Å². The van der Waals surface area contributed by atoms with Gasteiger partial charge in [-0.1, -0.05) is 25.4 Å². The Morgan fingerprint density at radius 2 is 2.00 bits per heavy atom. The highest BCUT2D eigenvalue weighted by Crippen LogP contribution is 2.13. The van der Waals surface area contributed by atoms with E-state index in [0.29, 0.717) is 16.6 Å². The number of carbonyl (C=O) groups is 1. The van der Waals surface area contributed by atoms with E-state index < -0.39 is 0 Å². The van der Waals surface area contributed by atoms with Gasteiger partial charge < -0.3 is 4.90 Å². The Morgan fingerprint density at radius 3 is 2.44 bits per heavy atom. The van der Waals surface area contributed by atoms with E-state index in [1.807, 2.05) is 14.0 Å². The molecule has 1 amide bonds. The molecule has 0 N–H and O–H groups in total. The molecular weight excluding hydrogens is 224 g/mol. The first kappa shape index (κ1) is 13.0. The number of hydrogen-bond acceptors (Lipinski definition) is 2. The third-order valence-electron chi connectivity index (χ3n) is 2.87.